The quantitative estimate of drug-likeness (QED) is 0.928. The largest absolute Gasteiger partial charge is 0.339 e. The van der Waals surface area contributed by atoms with Crippen LogP contribution in [0.25, 0.3) is 0 Å². The van der Waals surface area contributed by atoms with Gasteiger partial charge in [-0.05, 0) is 31.5 Å². The van der Waals surface area contributed by atoms with Crippen molar-refractivity contribution in [2.45, 2.75) is 25.8 Å². The fourth-order valence-electron chi connectivity index (χ4n) is 2.73. The molecule has 0 spiro atoms. The fraction of sp³-hybridized carbons (Fsp3) is 0.500. The lowest BCUT2D eigenvalue weighted by Gasteiger charge is -2.30. The van der Waals surface area contributed by atoms with Crippen molar-refractivity contribution in [1.29, 1.82) is 0 Å². The van der Waals surface area contributed by atoms with Crippen LogP contribution in [-0.2, 0) is 12.8 Å². The highest BCUT2D eigenvalue weighted by Gasteiger charge is 2.25. The molecular weight excluding hydrogens is 264 g/mol. The van der Waals surface area contributed by atoms with Crippen LogP contribution in [0.5, 0.6) is 0 Å². The molecule has 3 rings (SSSR count). The van der Waals surface area contributed by atoms with Crippen LogP contribution in [0, 0.1) is 6.92 Å². The Morgan fingerprint density at radius 1 is 1.33 bits per heavy atom. The van der Waals surface area contributed by atoms with Crippen molar-refractivity contribution in [3.05, 3.63) is 47.1 Å². The maximum atomic E-state index is 5.41. The molecule has 2 aromatic rings. The van der Waals surface area contributed by atoms with E-state index in [2.05, 4.69) is 58.6 Å². The van der Waals surface area contributed by atoms with Crippen molar-refractivity contribution in [2.24, 2.45) is 0 Å². The first-order valence-electron chi connectivity index (χ1n) is 7.52. The molecular formula is C16H22N4O. The van der Waals surface area contributed by atoms with E-state index in [1.807, 2.05) is 0 Å². The van der Waals surface area contributed by atoms with E-state index in [0.29, 0.717) is 0 Å². The second-order valence-corrected chi connectivity index (χ2v) is 5.67. The number of nitrogens with zero attached hydrogens (tertiary/aromatic N) is 3. The summed E-state index contributed by atoms with van der Waals surface area (Å²) in [5, 5.41) is 7.53. The number of nitrogens with one attached hydrogen (secondary N) is 1. The molecule has 0 amide bonds. The van der Waals surface area contributed by atoms with Gasteiger partial charge in [0.15, 0.2) is 5.82 Å². The zero-order valence-corrected chi connectivity index (χ0v) is 12.7. The lowest BCUT2D eigenvalue weighted by atomic mass is 10.0. The molecule has 1 unspecified atom stereocenters. The Morgan fingerprint density at radius 3 is 3.00 bits per heavy atom. The van der Waals surface area contributed by atoms with E-state index in [4.69, 9.17) is 4.52 Å². The van der Waals surface area contributed by atoms with Crippen LogP contribution in [0.1, 0.15) is 28.9 Å². The first kappa shape index (κ1) is 14.2. The number of hydrogen-bond acceptors (Lipinski definition) is 5. The number of hydrogen-bond donors (Lipinski definition) is 1. The second-order valence-electron chi connectivity index (χ2n) is 5.67. The summed E-state index contributed by atoms with van der Waals surface area (Å²) in [5.74, 6) is 1.52. The predicted molar refractivity (Wildman–Crippen MR) is 81.1 cm³/mol. The van der Waals surface area contributed by atoms with Gasteiger partial charge in [0.05, 0.1) is 6.04 Å². The number of benzene rings is 1. The Labute approximate surface area is 125 Å². The van der Waals surface area contributed by atoms with Gasteiger partial charge in [-0.1, -0.05) is 29.4 Å². The summed E-state index contributed by atoms with van der Waals surface area (Å²) >= 11 is 0. The lowest BCUT2D eigenvalue weighted by Crippen LogP contribution is -2.44. The normalized spacial score (nSPS) is 19.8. The van der Waals surface area contributed by atoms with Crippen LogP contribution >= 0.6 is 0 Å². The third kappa shape index (κ3) is 3.31. The monoisotopic (exact) mass is 286 g/mol. The second kappa shape index (κ2) is 6.37. The third-order valence-corrected chi connectivity index (χ3v) is 4.16. The highest BCUT2D eigenvalue weighted by atomic mass is 16.5. The zero-order valence-electron chi connectivity index (χ0n) is 12.7. The van der Waals surface area contributed by atoms with E-state index < -0.39 is 0 Å². The molecule has 1 fully saturated rings. The van der Waals surface area contributed by atoms with Gasteiger partial charge >= 0.3 is 0 Å². The topological polar surface area (TPSA) is 54.2 Å². The Morgan fingerprint density at radius 2 is 2.19 bits per heavy atom. The first-order valence-corrected chi connectivity index (χ1v) is 7.52. The molecule has 1 saturated heterocycles. The van der Waals surface area contributed by atoms with Crippen molar-refractivity contribution in [2.75, 3.05) is 26.7 Å². The van der Waals surface area contributed by atoms with Gasteiger partial charge in [-0.2, -0.15) is 4.98 Å². The van der Waals surface area contributed by atoms with Gasteiger partial charge in [-0.3, -0.25) is 4.90 Å². The molecule has 0 bridgehead atoms. The van der Waals surface area contributed by atoms with E-state index in [9.17, 15) is 0 Å². The third-order valence-electron chi connectivity index (χ3n) is 4.16. The number of likely N-dealkylation sites (N-methyl/N-ethyl adjacent to an activating group) is 1. The van der Waals surface area contributed by atoms with Crippen LogP contribution in [0.3, 0.4) is 0 Å². The van der Waals surface area contributed by atoms with Gasteiger partial charge < -0.3 is 9.84 Å². The fourth-order valence-corrected chi connectivity index (χ4v) is 2.73. The molecule has 112 valence electrons. The summed E-state index contributed by atoms with van der Waals surface area (Å²) in [6.45, 7) is 5.05. The Hall–Kier alpha value is -1.72. The molecule has 0 saturated carbocycles. The van der Waals surface area contributed by atoms with Gasteiger partial charge in [0, 0.05) is 26.1 Å². The maximum Gasteiger partial charge on any atom is 0.227 e. The summed E-state index contributed by atoms with van der Waals surface area (Å²) in [6.07, 6.45) is 1.73. The van der Waals surface area contributed by atoms with Crippen molar-refractivity contribution in [3.8, 4) is 0 Å². The molecule has 1 aromatic carbocycles. The van der Waals surface area contributed by atoms with Crippen molar-refractivity contribution >= 4 is 0 Å². The van der Waals surface area contributed by atoms with Gasteiger partial charge in [0.1, 0.15) is 0 Å². The number of aromatic nitrogens is 2. The van der Waals surface area contributed by atoms with Crippen LogP contribution in [0.15, 0.2) is 28.8 Å². The van der Waals surface area contributed by atoms with Crippen LogP contribution in [0.2, 0.25) is 0 Å². The standard InChI is InChI=1S/C16H22N4O/c1-12-5-3-4-6-13(12)7-8-15-18-16(19-21-15)14-11-17-9-10-20(14)2/h3-6,14,17H,7-11H2,1-2H3. The van der Waals surface area contributed by atoms with Crippen molar-refractivity contribution in [3.63, 3.8) is 0 Å². The first-order chi connectivity index (χ1) is 10.2. The van der Waals surface area contributed by atoms with E-state index in [1.165, 1.54) is 11.1 Å². The SMILES string of the molecule is Cc1ccccc1CCc1nc(C2CNCCN2C)no1. The molecule has 2 heterocycles. The zero-order chi connectivity index (χ0) is 14.7. The van der Waals surface area contributed by atoms with Gasteiger partial charge in [-0.15, -0.1) is 0 Å². The van der Waals surface area contributed by atoms with E-state index in [-0.39, 0.29) is 6.04 Å². The minimum Gasteiger partial charge on any atom is -0.339 e. The number of piperazine rings is 1. The van der Waals surface area contributed by atoms with Crippen LogP contribution in [-0.4, -0.2) is 41.7 Å². The molecule has 1 N–H and O–H groups in total. The molecule has 1 aliphatic heterocycles. The lowest BCUT2D eigenvalue weighted by molar-refractivity contribution is 0.190. The molecule has 21 heavy (non-hydrogen) atoms. The summed E-state index contributed by atoms with van der Waals surface area (Å²) in [4.78, 5) is 6.84. The summed E-state index contributed by atoms with van der Waals surface area (Å²) in [6, 6.07) is 8.65. The predicted octanol–water partition coefficient (Wildman–Crippen LogP) is 1.74. The van der Waals surface area contributed by atoms with Gasteiger partial charge in [0.25, 0.3) is 0 Å². The molecule has 1 aromatic heterocycles. The summed E-state index contributed by atoms with van der Waals surface area (Å²) in [5.41, 5.74) is 2.65. The average molecular weight is 286 g/mol. The molecule has 0 radical (unpaired) electrons. The Balaban J connectivity index is 1.64. The molecule has 0 aliphatic carbocycles. The van der Waals surface area contributed by atoms with Gasteiger partial charge in [-0.25, -0.2) is 0 Å². The van der Waals surface area contributed by atoms with E-state index >= 15 is 0 Å². The minimum absolute atomic E-state index is 0.217. The van der Waals surface area contributed by atoms with E-state index in [0.717, 1.165) is 44.2 Å². The molecule has 1 aliphatic rings. The summed E-state index contributed by atoms with van der Waals surface area (Å²) in [7, 11) is 2.11. The Bertz CT molecular complexity index is 595. The van der Waals surface area contributed by atoms with Gasteiger partial charge in [0.2, 0.25) is 5.89 Å². The highest BCUT2D eigenvalue weighted by molar-refractivity contribution is 5.25. The average Bonchev–Trinajstić information content (AvgIpc) is 2.96. The minimum atomic E-state index is 0.217. The number of aryl methyl sites for hydroxylation is 3. The summed E-state index contributed by atoms with van der Waals surface area (Å²) < 4.78 is 5.41. The van der Waals surface area contributed by atoms with Crippen molar-refractivity contribution < 1.29 is 4.52 Å². The maximum absolute atomic E-state index is 5.41. The number of rotatable bonds is 4. The van der Waals surface area contributed by atoms with Crippen molar-refractivity contribution in [1.82, 2.24) is 20.4 Å². The smallest absolute Gasteiger partial charge is 0.227 e. The molecule has 5 nitrogen and oxygen atoms in total. The van der Waals surface area contributed by atoms with E-state index in [1.54, 1.807) is 0 Å². The Kier molecular flexibility index (Phi) is 4.31. The molecule has 5 heteroatoms. The molecule has 1 atom stereocenters. The van der Waals surface area contributed by atoms with Crippen LogP contribution < -0.4 is 5.32 Å². The van der Waals surface area contributed by atoms with Crippen LogP contribution in [0.4, 0.5) is 0 Å². The highest BCUT2D eigenvalue weighted by Crippen LogP contribution is 2.18.